The summed E-state index contributed by atoms with van der Waals surface area (Å²) < 4.78 is 5.19. The number of hydrogen-bond acceptors (Lipinski definition) is 2. The van der Waals surface area contributed by atoms with Crippen LogP contribution in [0.25, 0.3) is 11.0 Å². The van der Waals surface area contributed by atoms with Crippen molar-refractivity contribution in [2.75, 3.05) is 0 Å². The molecule has 0 aliphatic heterocycles. The smallest absolute Gasteiger partial charge is 0.362 e. The Hall–Kier alpha value is -1.52. The summed E-state index contributed by atoms with van der Waals surface area (Å²) in [4.78, 5) is 10.6. The molecule has 1 aromatic carbocycles. The molecule has 0 saturated carbocycles. The fourth-order valence-corrected chi connectivity index (χ4v) is 1.51. The van der Waals surface area contributed by atoms with Gasteiger partial charge in [0.1, 0.15) is 5.58 Å². The summed E-state index contributed by atoms with van der Waals surface area (Å²) in [6.45, 7) is 0. The van der Waals surface area contributed by atoms with Gasteiger partial charge in [-0.1, -0.05) is 6.07 Å². The highest BCUT2D eigenvalue weighted by molar-refractivity contribution is 5.78. The highest BCUT2D eigenvalue weighted by atomic mass is 35.5. The molecule has 2 aromatic rings. The lowest BCUT2D eigenvalue weighted by atomic mass is 10.1. The molecule has 1 heterocycles. The van der Waals surface area contributed by atoms with E-state index in [0.717, 1.165) is 16.5 Å². The first-order chi connectivity index (χ1) is 7.16. The van der Waals surface area contributed by atoms with Crippen LogP contribution in [0.3, 0.4) is 0 Å². The van der Waals surface area contributed by atoms with Crippen molar-refractivity contribution in [1.29, 1.82) is 0 Å². The summed E-state index contributed by atoms with van der Waals surface area (Å²) in [6.07, 6.45) is 2.06. The Morgan fingerprint density at radius 2 is 2.19 bits per heavy atom. The Bertz CT molecular complexity index is 495. The predicted octanol–water partition coefficient (Wildman–Crippen LogP) is -2.33. The summed E-state index contributed by atoms with van der Waals surface area (Å²) in [5.74, 6) is -0.873. The number of carboxylic acids is 1. The van der Waals surface area contributed by atoms with Crippen molar-refractivity contribution in [3.63, 3.8) is 0 Å². The summed E-state index contributed by atoms with van der Waals surface area (Å²) in [7, 11) is 0. The van der Waals surface area contributed by atoms with E-state index in [4.69, 9.17) is 9.52 Å². The molecule has 5 heteroatoms. The van der Waals surface area contributed by atoms with Crippen LogP contribution in [0.2, 0.25) is 0 Å². The molecule has 2 rings (SSSR count). The number of furan rings is 1. The van der Waals surface area contributed by atoms with E-state index in [2.05, 4.69) is 5.73 Å². The van der Waals surface area contributed by atoms with Gasteiger partial charge in [-0.25, -0.2) is 4.79 Å². The molecule has 0 aliphatic carbocycles. The lowest BCUT2D eigenvalue weighted by Gasteiger charge is -2.03. The van der Waals surface area contributed by atoms with Crippen molar-refractivity contribution < 1.29 is 32.5 Å². The minimum Gasteiger partial charge on any atom is -1.00 e. The quantitative estimate of drug-likeness (QED) is 0.633. The highest BCUT2D eigenvalue weighted by Gasteiger charge is 2.16. The lowest BCUT2D eigenvalue weighted by Crippen LogP contribution is -3.00. The normalized spacial score (nSPS) is 12.1. The molecule has 1 aromatic heterocycles. The zero-order valence-corrected chi connectivity index (χ0v) is 9.28. The molecule has 0 bridgehead atoms. The first-order valence-electron chi connectivity index (χ1n) is 4.69. The molecule has 0 saturated heterocycles. The number of aliphatic carboxylic acids is 1. The Balaban J connectivity index is 0.00000128. The van der Waals surface area contributed by atoms with Crippen molar-refractivity contribution in [1.82, 2.24) is 0 Å². The summed E-state index contributed by atoms with van der Waals surface area (Å²) in [6, 6.07) is 6.90. The number of hydrogen-bond donors (Lipinski definition) is 2. The first-order valence-corrected chi connectivity index (χ1v) is 4.69. The van der Waals surface area contributed by atoms with E-state index < -0.39 is 12.0 Å². The van der Waals surface area contributed by atoms with Crippen LogP contribution in [-0.2, 0) is 11.2 Å². The maximum Gasteiger partial charge on any atom is 0.362 e. The zero-order chi connectivity index (χ0) is 10.8. The number of rotatable bonds is 3. The molecule has 86 valence electrons. The highest BCUT2D eigenvalue weighted by Crippen LogP contribution is 2.17. The van der Waals surface area contributed by atoms with Crippen molar-refractivity contribution in [3.8, 4) is 0 Å². The number of carboxylic acid groups (broad SMARTS) is 1. The minimum absolute atomic E-state index is 0. The fourth-order valence-electron chi connectivity index (χ4n) is 1.51. The van der Waals surface area contributed by atoms with E-state index in [1.54, 1.807) is 6.26 Å². The Morgan fingerprint density at radius 1 is 1.44 bits per heavy atom. The monoisotopic (exact) mass is 241 g/mol. The van der Waals surface area contributed by atoms with Crippen molar-refractivity contribution in [2.24, 2.45) is 0 Å². The van der Waals surface area contributed by atoms with Crippen molar-refractivity contribution in [2.45, 2.75) is 12.5 Å². The molecular formula is C11H12ClNO3. The Morgan fingerprint density at radius 3 is 2.88 bits per heavy atom. The van der Waals surface area contributed by atoms with E-state index in [1.807, 2.05) is 24.3 Å². The maximum absolute atomic E-state index is 10.6. The molecule has 0 amide bonds. The number of fused-ring (bicyclic) bond motifs is 1. The van der Waals surface area contributed by atoms with E-state index in [1.165, 1.54) is 0 Å². The van der Waals surface area contributed by atoms with Crippen molar-refractivity contribution in [3.05, 3.63) is 36.1 Å². The lowest BCUT2D eigenvalue weighted by molar-refractivity contribution is -0.407. The van der Waals surface area contributed by atoms with Crippen LogP contribution in [0.1, 0.15) is 5.56 Å². The Labute approximate surface area is 98.5 Å². The largest absolute Gasteiger partial charge is 1.00 e. The molecule has 1 atom stereocenters. The fraction of sp³-hybridized carbons (Fsp3) is 0.182. The van der Waals surface area contributed by atoms with Crippen LogP contribution in [0.4, 0.5) is 0 Å². The van der Waals surface area contributed by atoms with Gasteiger partial charge in [0.25, 0.3) is 0 Å². The third kappa shape index (κ3) is 2.53. The van der Waals surface area contributed by atoms with E-state index in [0.29, 0.717) is 6.42 Å². The van der Waals surface area contributed by atoms with Crippen LogP contribution in [0.5, 0.6) is 0 Å². The third-order valence-corrected chi connectivity index (χ3v) is 2.35. The second-order valence-corrected chi connectivity index (χ2v) is 3.53. The van der Waals surface area contributed by atoms with Crippen LogP contribution < -0.4 is 18.1 Å². The van der Waals surface area contributed by atoms with E-state index >= 15 is 0 Å². The molecule has 16 heavy (non-hydrogen) atoms. The zero-order valence-electron chi connectivity index (χ0n) is 8.52. The van der Waals surface area contributed by atoms with Gasteiger partial charge in [0.05, 0.1) is 6.26 Å². The van der Waals surface area contributed by atoms with Gasteiger partial charge in [0.2, 0.25) is 0 Å². The average molecular weight is 242 g/mol. The molecule has 0 unspecified atom stereocenters. The molecule has 0 spiro atoms. The number of quaternary nitrogens is 1. The molecule has 4 N–H and O–H groups in total. The second-order valence-electron chi connectivity index (χ2n) is 3.53. The second kappa shape index (κ2) is 5.01. The van der Waals surface area contributed by atoms with E-state index in [-0.39, 0.29) is 12.4 Å². The first kappa shape index (κ1) is 12.5. The van der Waals surface area contributed by atoms with Crippen LogP contribution in [0.15, 0.2) is 34.9 Å². The molecule has 0 aliphatic rings. The van der Waals surface area contributed by atoms with Crippen LogP contribution in [0, 0.1) is 0 Å². The predicted molar refractivity (Wildman–Crippen MR) is 54.2 cm³/mol. The van der Waals surface area contributed by atoms with Gasteiger partial charge in [-0.05, 0) is 23.8 Å². The SMILES string of the molecule is [Cl-].[NH3+][C@@H](Cc1ccc2occc2c1)C(=O)O. The van der Waals surface area contributed by atoms with E-state index in [9.17, 15) is 4.79 Å². The van der Waals surface area contributed by atoms with Crippen LogP contribution in [-0.4, -0.2) is 17.1 Å². The van der Waals surface area contributed by atoms with Gasteiger partial charge >= 0.3 is 5.97 Å². The minimum atomic E-state index is -0.873. The van der Waals surface area contributed by atoms with Gasteiger partial charge < -0.3 is 27.7 Å². The van der Waals surface area contributed by atoms with Crippen LogP contribution >= 0.6 is 0 Å². The number of halogens is 1. The van der Waals surface area contributed by atoms with Crippen molar-refractivity contribution >= 4 is 16.9 Å². The number of benzene rings is 1. The topological polar surface area (TPSA) is 78.1 Å². The standard InChI is InChI=1S/C11H11NO3.ClH/c12-9(11(13)14)6-7-1-2-10-8(5-7)3-4-15-10;/h1-5,9H,6,12H2,(H,13,14);1H/t9-;/m0./s1. The van der Waals surface area contributed by atoms with Gasteiger partial charge in [0.15, 0.2) is 6.04 Å². The maximum atomic E-state index is 10.6. The average Bonchev–Trinajstić information content (AvgIpc) is 2.64. The molecule has 0 radical (unpaired) electrons. The summed E-state index contributed by atoms with van der Waals surface area (Å²) in [5.41, 5.74) is 5.36. The number of carbonyl (C=O) groups is 1. The van der Waals surface area contributed by atoms with Gasteiger partial charge in [-0.3, -0.25) is 0 Å². The van der Waals surface area contributed by atoms with Gasteiger partial charge in [0, 0.05) is 11.8 Å². The molecule has 4 nitrogen and oxygen atoms in total. The third-order valence-electron chi connectivity index (χ3n) is 2.35. The molecular weight excluding hydrogens is 230 g/mol. The Kier molecular flexibility index (Phi) is 3.93. The summed E-state index contributed by atoms with van der Waals surface area (Å²) >= 11 is 0. The molecule has 0 fully saturated rings. The van der Waals surface area contributed by atoms with Gasteiger partial charge in [-0.15, -0.1) is 0 Å². The summed E-state index contributed by atoms with van der Waals surface area (Å²) in [5, 5.41) is 9.73. The van der Waals surface area contributed by atoms with Gasteiger partial charge in [-0.2, -0.15) is 0 Å².